The van der Waals surface area contributed by atoms with Gasteiger partial charge in [-0.2, -0.15) is 0 Å². The summed E-state index contributed by atoms with van der Waals surface area (Å²) in [5.74, 6) is -3.81. The van der Waals surface area contributed by atoms with E-state index in [2.05, 4.69) is 15.9 Å². The Labute approximate surface area is 257 Å². The second-order valence-corrected chi connectivity index (χ2v) is 12.8. The summed E-state index contributed by atoms with van der Waals surface area (Å²) in [4.78, 5) is 59.1. The molecule has 0 aromatic heterocycles. The van der Waals surface area contributed by atoms with Crippen LogP contribution in [-0.4, -0.2) is 35.8 Å². The number of hydrogen-bond acceptors (Lipinski definition) is 6. The number of anilines is 2. The summed E-state index contributed by atoms with van der Waals surface area (Å²) in [7, 11) is 1.50. The van der Waals surface area contributed by atoms with Crippen LogP contribution in [0.5, 0.6) is 11.5 Å². The molecule has 3 fully saturated rings. The zero-order valence-electron chi connectivity index (χ0n) is 23.6. The van der Waals surface area contributed by atoms with Crippen molar-refractivity contribution in [2.24, 2.45) is 29.1 Å². The fraction of sp³-hybridized carbons (Fsp3) is 0.294. The largest absolute Gasteiger partial charge is 0.508 e. The van der Waals surface area contributed by atoms with Gasteiger partial charge in [-0.15, -0.1) is 0 Å². The molecule has 2 saturated heterocycles. The van der Waals surface area contributed by atoms with Gasteiger partial charge < -0.3 is 9.84 Å². The molecule has 7 rings (SSSR count). The van der Waals surface area contributed by atoms with E-state index in [1.54, 1.807) is 60.7 Å². The molecule has 3 aromatic carbocycles. The Hall–Kier alpha value is -4.24. The van der Waals surface area contributed by atoms with Gasteiger partial charge in [0.15, 0.2) is 0 Å². The Bertz CT molecular complexity index is 1720. The average molecular weight is 642 g/mol. The van der Waals surface area contributed by atoms with Crippen molar-refractivity contribution in [3.63, 3.8) is 0 Å². The number of nitrogens with zero attached hydrogens (tertiary/aromatic N) is 2. The number of benzene rings is 3. The topological polar surface area (TPSA) is 104 Å². The Kier molecular flexibility index (Phi) is 6.36. The van der Waals surface area contributed by atoms with Crippen LogP contribution in [0, 0.1) is 29.1 Å². The van der Waals surface area contributed by atoms with Crippen LogP contribution >= 0.6 is 15.9 Å². The molecule has 3 aromatic rings. The van der Waals surface area contributed by atoms with Gasteiger partial charge in [-0.25, -0.2) is 4.90 Å². The zero-order chi connectivity index (χ0) is 30.2. The number of methoxy groups -OCH3 is 1. The van der Waals surface area contributed by atoms with Crippen molar-refractivity contribution in [3.05, 3.63) is 94.5 Å². The number of halogens is 1. The predicted molar refractivity (Wildman–Crippen MR) is 162 cm³/mol. The van der Waals surface area contributed by atoms with Gasteiger partial charge in [-0.3, -0.25) is 24.1 Å². The Morgan fingerprint density at radius 3 is 2.26 bits per heavy atom. The average Bonchev–Trinajstić information content (AvgIpc) is 3.38. The maximum atomic E-state index is 14.5. The molecule has 0 spiro atoms. The summed E-state index contributed by atoms with van der Waals surface area (Å²) in [5.41, 5.74) is 1.32. The summed E-state index contributed by atoms with van der Waals surface area (Å²) < 4.78 is 6.54. The molecule has 6 atom stereocenters. The third-order valence-electron chi connectivity index (χ3n) is 9.90. The van der Waals surface area contributed by atoms with Gasteiger partial charge in [-0.05, 0) is 68.1 Å². The number of rotatable bonds is 4. The molecule has 4 amide bonds. The minimum Gasteiger partial charge on any atom is -0.508 e. The molecule has 1 N–H and O–H groups in total. The summed E-state index contributed by atoms with van der Waals surface area (Å²) in [6.45, 7) is 1.83. The lowest BCUT2D eigenvalue weighted by molar-refractivity contribution is -0.131. The lowest BCUT2D eigenvalue weighted by Gasteiger charge is -2.49. The van der Waals surface area contributed by atoms with Gasteiger partial charge in [0.1, 0.15) is 11.5 Å². The van der Waals surface area contributed by atoms with Crippen LogP contribution < -0.4 is 14.5 Å². The molecule has 9 heteroatoms. The summed E-state index contributed by atoms with van der Waals surface area (Å²) in [5, 5.41) is 10.3. The number of phenols is 1. The van der Waals surface area contributed by atoms with Crippen LogP contribution in [0.4, 0.5) is 11.4 Å². The van der Waals surface area contributed by atoms with Crippen molar-refractivity contribution in [1.29, 1.82) is 0 Å². The number of ether oxygens (including phenoxy) is 1. The van der Waals surface area contributed by atoms with Gasteiger partial charge >= 0.3 is 0 Å². The summed E-state index contributed by atoms with van der Waals surface area (Å²) >= 11 is 3.41. The maximum Gasteiger partial charge on any atom is 0.241 e. The van der Waals surface area contributed by atoms with E-state index < -0.39 is 35.0 Å². The summed E-state index contributed by atoms with van der Waals surface area (Å²) in [6.07, 6.45) is 2.61. The fourth-order valence-corrected chi connectivity index (χ4v) is 8.23. The molecule has 8 nitrogen and oxygen atoms in total. The Morgan fingerprint density at radius 1 is 0.860 bits per heavy atom. The predicted octanol–water partition coefficient (Wildman–Crippen LogP) is 5.60. The number of para-hydroxylation sites is 1. The number of aromatic hydroxyl groups is 1. The number of carbonyl (C=O) groups is 4. The molecule has 2 heterocycles. The maximum absolute atomic E-state index is 14.5. The molecule has 0 radical (unpaired) electrons. The van der Waals surface area contributed by atoms with Crippen molar-refractivity contribution in [3.8, 4) is 11.5 Å². The third kappa shape index (κ3) is 3.87. The number of allylic oxidation sites excluding steroid dienone is 2. The highest BCUT2D eigenvalue weighted by molar-refractivity contribution is 9.10. The monoisotopic (exact) mass is 640 g/mol. The van der Waals surface area contributed by atoms with E-state index in [1.807, 2.05) is 19.1 Å². The molecule has 4 aliphatic rings. The number of amides is 4. The highest BCUT2D eigenvalue weighted by Gasteiger charge is 2.68. The van der Waals surface area contributed by atoms with Gasteiger partial charge in [-0.1, -0.05) is 51.8 Å². The van der Waals surface area contributed by atoms with Gasteiger partial charge in [0, 0.05) is 22.0 Å². The van der Waals surface area contributed by atoms with E-state index in [1.165, 1.54) is 23.0 Å². The molecule has 218 valence electrons. The number of carbonyl (C=O) groups excluding carboxylic acids is 4. The van der Waals surface area contributed by atoms with Gasteiger partial charge in [0.2, 0.25) is 23.6 Å². The number of phenolic OH excluding ortho intramolecular Hbond substituents is 1. The Balaban J connectivity index is 1.39. The molecule has 2 aliphatic carbocycles. The van der Waals surface area contributed by atoms with Crippen LogP contribution in [0.15, 0.2) is 88.9 Å². The molecule has 0 unspecified atom stereocenters. The molecular formula is C34H29BrN2O6. The second kappa shape index (κ2) is 9.91. The van der Waals surface area contributed by atoms with Gasteiger partial charge in [0.25, 0.3) is 0 Å². The minimum atomic E-state index is -1.19. The third-order valence-corrected chi connectivity index (χ3v) is 10.4. The van der Waals surface area contributed by atoms with Gasteiger partial charge in [0.05, 0.1) is 41.7 Å². The highest BCUT2D eigenvalue weighted by Crippen LogP contribution is 2.64. The van der Waals surface area contributed by atoms with Crippen LogP contribution in [-0.2, 0) is 19.2 Å². The number of imide groups is 2. The first-order chi connectivity index (χ1) is 20.7. The van der Waals surface area contributed by atoms with E-state index in [-0.39, 0.29) is 35.8 Å². The van der Waals surface area contributed by atoms with Crippen molar-refractivity contribution < 1.29 is 29.0 Å². The summed E-state index contributed by atoms with van der Waals surface area (Å²) in [6, 6.07) is 20.7. The molecule has 0 bridgehead atoms. The molecule has 1 saturated carbocycles. The lowest BCUT2D eigenvalue weighted by Crippen LogP contribution is -2.49. The van der Waals surface area contributed by atoms with Crippen LogP contribution in [0.2, 0.25) is 0 Å². The van der Waals surface area contributed by atoms with E-state index in [9.17, 15) is 24.3 Å². The van der Waals surface area contributed by atoms with Crippen LogP contribution in [0.3, 0.4) is 0 Å². The second-order valence-electron chi connectivity index (χ2n) is 11.9. The molecule has 43 heavy (non-hydrogen) atoms. The van der Waals surface area contributed by atoms with Crippen LogP contribution in [0.1, 0.15) is 31.2 Å². The van der Waals surface area contributed by atoms with E-state index in [4.69, 9.17) is 4.74 Å². The van der Waals surface area contributed by atoms with Crippen molar-refractivity contribution in [1.82, 2.24) is 0 Å². The van der Waals surface area contributed by atoms with Crippen LogP contribution in [0.25, 0.3) is 0 Å². The van der Waals surface area contributed by atoms with Crippen molar-refractivity contribution >= 4 is 50.9 Å². The fourth-order valence-electron chi connectivity index (χ4n) is 7.97. The van der Waals surface area contributed by atoms with Crippen molar-refractivity contribution in [2.45, 2.75) is 25.7 Å². The number of hydrogen-bond donors (Lipinski definition) is 1. The lowest BCUT2D eigenvalue weighted by atomic mass is 9.51. The SMILES string of the molecule is COc1cc(O)ccc1[C@H]1C2=CC[C@@H]3C(=O)N(c4ccc(Br)cc4)C(=O)[C@@H]3[C@@H]2C[C@H]2C(=O)N(c3ccccc3)C(=O)[C@@]12C. The first kappa shape index (κ1) is 27.6. The van der Waals surface area contributed by atoms with E-state index in [0.29, 0.717) is 29.1 Å². The normalized spacial score (nSPS) is 29.7. The zero-order valence-corrected chi connectivity index (χ0v) is 25.2. The Morgan fingerprint density at radius 2 is 1.56 bits per heavy atom. The van der Waals surface area contributed by atoms with E-state index >= 15 is 0 Å². The minimum absolute atomic E-state index is 0.00814. The molecular weight excluding hydrogens is 612 g/mol. The number of fused-ring (bicyclic) bond motifs is 4. The first-order valence-corrected chi connectivity index (χ1v) is 15.1. The van der Waals surface area contributed by atoms with Crippen molar-refractivity contribution in [2.75, 3.05) is 16.9 Å². The highest BCUT2D eigenvalue weighted by atomic mass is 79.9. The first-order valence-electron chi connectivity index (χ1n) is 14.3. The van der Waals surface area contributed by atoms with E-state index in [0.717, 1.165) is 10.0 Å². The standard InChI is InChI=1S/C34H29BrN2O6/c1-34-26(31(40)37(33(34)42)19-6-4-3-5-7-19)17-25-22(29(34)23-13-12-21(38)16-27(23)43-2)14-15-24-28(25)32(41)36(30(24)39)20-10-8-18(35)9-11-20/h3-14,16,24-26,28-29,38H,15,17H2,1-2H3/t24-,25+,26-,28-,29+,34+/m0/s1. The smallest absolute Gasteiger partial charge is 0.241 e. The quantitative estimate of drug-likeness (QED) is 0.294. The molecule has 2 aliphatic heterocycles.